The average Bonchev–Trinajstić information content (AvgIpc) is 2.64. The molecule has 0 atom stereocenters. The van der Waals surface area contributed by atoms with Gasteiger partial charge in [-0.15, -0.1) is 21.5 Å². The predicted octanol–water partition coefficient (Wildman–Crippen LogP) is 3.33. The summed E-state index contributed by atoms with van der Waals surface area (Å²) < 4.78 is 0.694. The van der Waals surface area contributed by atoms with E-state index in [4.69, 9.17) is 28.3 Å². The molecule has 100 valence electrons. The van der Waals surface area contributed by atoms with Crippen LogP contribution in [0.3, 0.4) is 0 Å². The summed E-state index contributed by atoms with van der Waals surface area (Å²) in [6, 6.07) is 1.59. The fourth-order valence-corrected chi connectivity index (χ4v) is 3.86. The highest BCUT2D eigenvalue weighted by atomic mass is 35.5. The number of aryl methyl sites for hydroxylation is 1. The zero-order valence-electron chi connectivity index (χ0n) is 9.55. The molecule has 5 nitrogen and oxygen atoms in total. The number of halogens is 2. The molecule has 0 aliphatic heterocycles. The lowest BCUT2D eigenvalue weighted by Crippen LogP contribution is -1.99. The van der Waals surface area contributed by atoms with Crippen LogP contribution in [0.4, 0.5) is 0 Å². The van der Waals surface area contributed by atoms with Crippen molar-refractivity contribution >= 4 is 52.3 Å². The largest absolute Gasteiger partial charge is 0.481 e. The second-order valence-electron chi connectivity index (χ2n) is 3.48. The van der Waals surface area contributed by atoms with Crippen LogP contribution in [0.1, 0.15) is 10.6 Å². The lowest BCUT2D eigenvalue weighted by molar-refractivity contribution is -0.136. The van der Waals surface area contributed by atoms with Gasteiger partial charge in [0.25, 0.3) is 0 Å². The fraction of sp³-hybridized carbons (Fsp3) is 0.200. The quantitative estimate of drug-likeness (QED) is 0.923. The Balaban J connectivity index is 2.24. The maximum atomic E-state index is 10.7. The van der Waals surface area contributed by atoms with Crippen LogP contribution in [0.15, 0.2) is 15.3 Å². The lowest BCUT2D eigenvalue weighted by Gasteiger charge is -1.99. The maximum Gasteiger partial charge on any atom is 0.308 e. The van der Waals surface area contributed by atoms with Crippen molar-refractivity contribution in [2.45, 2.75) is 22.6 Å². The van der Waals surface area contributed by atoms with Gasteiger partial charge in [0.1, 0.15) is 0 Å². The van der Waals surface area contributed by atoms with Crippen LogP contribution in [0.25, 0.3) is 0 Å². The van der Waals surface area contributed by atoms with Crippen LogP contribution < -0.4 is 0 Å². The van der Waals surface area contributed by atoms with Crippen molar-refractivity contribution in [1.29, 1.82) is 0 Å². The van der Waals surface area contributed by atoms with Gasteiger partial charge in [0.2, 0.25) is 0 Å². The van der Waals surface area contributed by atoms with E-state index in [0.717, 1.165) is 4.88 Å². The van der Waals surface area contributed by atoms with E-state index >= 15 is 0 Å². The predicted molar refractivity (Wildman–Crippen MR) is 74.4 cm³/mol. The highest BCUT2D eigenvalue weighted by Crippen LogP contribution is 2.36. The molecule has 0 fully saturated rings. The molecule has 0 saturated carbocycles. The third-order valence-corrected chi connectivity index (χ3v) is 4.89. The normalized spacial score (nSPS) is 10.7. The molecule has 0 unspecified atom stereocenters. The Kier molecular flexibility index (Phi) is 4.62. The first-order chi connectivity index (χ1) is 8.95. The number of carboxylic acids is 1. The minimum Gasteiger partial charge on any atom is -0.481 e. The highest BCUT2D eigenvalue weighted by Gasteiger charge is 2.14. The Morgan fingerprint density at radius 1 is 1.47 bits per heavy atom. The van der Waals surface area contributed by atoms with Crippen LogP contribution in [-0.4, -0.2) is 26.3 Å². The van der Waals surface area contributed by atoms with Crippen molar-refractivity contribution < 1.29 is 9.90 Å². The molecule has 0 aromatic carbocycles. The summed E-state index contributed by atoms with van der Waals surface area (Å²) in [4.78, 5) is 16.4. The molecule has 9 heteroatoms. The molecule has 0 aliphatic rings. The maximum absolute atomic E-state index is 10.7. The molecule has 2 aromatic heterocycles. The van der Waals surface area contributed by atoms with E-state index in [1.807, 2.05) is 0 Å². The van der Waals surface area contributed by atoms with Crippen LogP contribution in [-0.2, 0) is 11.2 Å². The number of carboxylic acid groups (broad SMARTS) is 1. The molecule has 0 radical (unpaired) electrons. The SMILES string of the molecule is Cc1nc(Sc2cc(Cl)nnc2Cl)sc1CC(=O)O. The van der Waals surface area contributed by atoms with E-state index in [1.54, 1.807) is 13.0 Å². The Hall–Kier alpha value is -0.890. The summed E-state index contributed by atoms with van der Waals surface area (Å²) in [5, 5.41) is 16.6. The number of nitrogens with zero attached hydrogens (tertiary/aromatic N) is 3. The molecule has 2 rings (SSSR count). The topological polar surface area (TPSA) is 76.0 Å². The summed E-state index contributed by atoms with van der Waals surface area (Å²) in [6.07, 6.45) is -0.0346. The molecule has 0 saturated heterocycles. The van der Waals surface area contributed by atoms with E-state index in [9.17, 15) is 4.79 Å². The summed E-state index contributed by atoms with van der Waals surface area (Å²) in [5.41, 5.74) is 0.708. The third kappa shape index (κ3) is 3.79. The van der Waals surface area contributed by atoms with E-state index in [0.29, 0.717) is 14.9 Å². The number of carbonyl (C=O) groups is 1. The van der Waals surface area contributed by atoms with Gasteiger partial charge < -0.3 is 5.11 Å². The third-order valence-electron chi connectivity index (χ3n) is 2.07. The van der Waals surface area contributed by atoms with Crippen molar-refractivity contribution in [2.75, 3.05) is 0 Å². The molecule has 0 bridgehead atoms. The summed E-state index contributed by atoms with van der Waals surface area (Å²) in [7, 11) is 0. The number of aromatic nitrogens is 3. The molecule has 0 aliphatic carbocycles. The number of aliphatic carboxylic acids is 1. The average molecular weight is 336 g/mol. The molecular weight excluding hydrogens is 329 g/mol. The van der Waals surface area contributed by atoms with Gasteiger partial charge in [-0.25, -0.2) is 4.98 Å². The zero-order valence-corrected chi connectivity index (χ0v) is 12.7. The number of thiazole rings is 1. The highest BCUT2D eigenvalue weighted by molar-refractivity contribution is 8.01. The standard InChI is InChI=1S/C10H7Cl2N3O2S2/c1-4-5(3-8(16)17)18-10(13-4)19-6-2-7(11)14-15-9(6)12/h2H,3H2,1H3,(H,16,17). The van der Waals surface area contributed by atoms with Gasteiger partial charge in [-0.2, -0.15) is 0 Å². The Morgan fingerprint density at radius 2 is 2.21 bits per heavy atom. The number of hydrogen-bond acceptors (Lipinski definition) is 6. The second kappa shape index (κ2) is 6.04. The molecule has 0 amide bonds. The van der Waals surface area contributed by atoms with Crippen molar-refractivity contribution in [2.24, 2.45) is 0 Å². The van der Waals surface area contributed by atoms with Crippen LogP contribution in [0, 0.1) is 6.92 Å². The minimum absolute atomic E-state index is 0.0346. The van der Waals surface area contributed by atoms with Gasteiger partial charge in [-0.05, 0) is 13.0 Å². The van der Waals surface area contributed by atoms with Crippen molar-refractivity contribution in [3.8, 4) is 0 Å². The van der Waals surface area contributed by atoms with Gasteiger partial charge in [0, 0.05) is 4.88 Å². The number of hydrogen-bond donors (Lipinski definition) is 1. The molecule has 2 aromatic rings. The molecule has 0 spiro atoms. The van der Waals surface area contributed by atoms with Crippen molar-refractivity contribution in [3.63, 3.8) is 0 Å². The van der Waals surface area contributed by atoms with Crippen LogP contribution in [0.5, 0.6) is 0 Å². The van der Waals surface area contributed by atoms with Crippen molar-refractivity contribution in [3.05, 3.63) is 26.9 Å². The van der Waals surface area contributed by atoms with Gasteiger partial charge in [-0.1, -0.05) is 35.0 Å². The monoisotopic (exact) mass is 335 g/mol. The molecular formula is C10H7Cl2N3O2S2. The van der Waals surface area contributed by atoms with Crippen LogP contribution in [0.2, 0.25) is 10.3 Å². The van der Waals surface area contributed by atoms with Crippen molar-refractivity contribution in [1.82, 2.24) is 15.2 Å². The second-order valence-corrected chi connectivity index (χ2v) is 6.60. The first kappa shape index (κ1) is 14.5. The van der Waals surface area contributed by atoms with E-state index in [1.165, 1.54) is 23.1 Å². The zero-order chi connectivity index (χ0) is 14.0. The smallest absolute Gasteiger partial charge is 0.308 e. The Bertz CT molecular complexity index is 633. The first-order valence-corrected chi connectivity index (χ1v) is 7.39. The molecule has 1 N–H and O–H groups in total. The summed E-state index contributed by atoms with van der Waals surface area (Å²) in [5.74, 6) is -0.880. The fourth-order valence-electron chi connectivity index (χ4n) is 1.25. The number of rotatable bonds is 4. The molecule has 19 heavy (non-hydrogen) atoms. The lowest BCUT2D eigenvalue weighted by atomic mass is 10.3. The summed E-state index contributed by atoms with van der Waals surface area (Å²) in [6.45, 7) is 1.78. The minimum atomic E-state index is -0.880. The van der Waals surface area contributed by atoms with Gasteiger partial charge in [-0.3, -0.25) is 4.79 Å². The summed E-state index contributed by atoms with van der Waals surface area (Å²) >= 11 is 14.3. The first-order valence-electron chi connectivity index (χ1n) is 5.00. The van der Waals surface area contributed by atoms with Gasteiger partial charge >= 0.3 is 5.97 Å². The Labute approximate surface area is 127 Å². The Morgan fingerprint density at radius 3 is 2.89 bits per heavy atom. The van der Waals surface area contributed by atoms with Gasteiger partial charge in [0.15, 0.2) is 14.6 Å². The molecule has 2 heterocycles. The van der Waals surface area contributed by atoms with E-state index in [2.05, 4.69) is 15.2 Å². The van der Waals surface area contributed by atoms with E-state index in [-0.39, 0.29) is 16.7 Å². The van der Waals surface area contributed by atoms with E-state index < -0.39 is 5.97 Å². The van der Waals surface area contributed by atoms with Gasteiger partial charge in [0.05, 0.1) is 17.0 Å². The van der Waals surface area contributed by atoms with Crippen LogP contribution >= 0.6 is 46.3 Å².